The third-order valence-corrected chi connectivity index (χ3v) is 3.17. The summed E-state index contributed by atoms with van der Waals surface area (Å²) in [7, 11) is 3.57. The molecule has 0 spiro atoms. The maximum absolute atomic E-state index is 9.32. The predicted octanol–water partition coefficient (Wildman–Crippen LogP) is 2.17. The van der Waals surface area contributed by atoms with E-state index in [1.165, 1.54) is 0 Å². The van der Waals surface area contributed by atoms with Crippen molar-refractivity contribution >= 4 is 10.9 Å². The molecule has 18 heavy (non-hydrogen) atoms. The van der Waals surface area contributed by atoms with Gasteiger partial charge in [0.15, 0.2) is 0 Å². The Hall–Kier alpha value is -1.99. The molecule has 1 heterocycles. The minimum Gasteiger partial charge on any atom is -0.496 e. The zero-order chi connectivity index (χ0) is 13.1. The number of hydrogen-bond acceptors (Lipinski definition) is 3. The van der Waals surface area contributed by atoms with Gasteiger partial charge in [0.2, 0.25) is 0 Å². The van der Waals surface area contributed by atoms with Gasteiger partial charge in [0.1, 0.15) is 17.5 Å². The smallest absolute Gasteiger partial charge is 0.128 e. The second-order valence-electron chi connectivity index (χ2n) is 4.13. The fourth-order valence-corrected chi connectivity index (χ4v) is 2.28. The van der Waals surface area contributed by atoms with Crippen LogP contribution in [0.15, 0.2) is 18.2 Å². The van der Waals surface area contributed by atoms with Gasteiger partial charge in [-0.05, 0) is 18.7 Å². The van der Waals surface area contributed by atoms with Crippen LogP contribution in [0.5, 0.6) is 5.75 Å². The molecular formula is C14H17N3O. The quantitative estimate of drug-likeness (QED) is 0.895. The van der Waals surface area contributed by atoms with Crippen LogP contribution in [0.2, 0.25) is 0 Å². The van der Waals surface area contributed by atoms with Crippen LogP contribution in [0.4, 0.5) is 0 Å². The van der Waals surface area contributed by atoms with Crippen molar-refractivity contribution in [3.05, 3.63) is 29.5 Å². The average Bonchev–Trinajstić information content (AvgIpc) is 2.68. The van der Waals surface area contributed by atoms with Crippen molar-refractivity contribution < 1.29 is 4.74 Å². The molecule has 0 aliphatic heterocycles. The largest absolute Gasteiger partial charge is 0.496 e. The number of methoxy groups -OCH3 is 1. The Morgan fingerprint density at radius 1 is 1.44 bits per heavy atom. The standard InChI is InChI=1S/C14H17N3O/c1-4-16-9-10-12(8-15)17(2)11-6-5-7-13(18-3)14(10)11/h5-7,16H,4,9H2,1-3H3. The van der Waals surface area contributed by atoms with Crippen molar-refractivity contribution in [1.29, 1.82) is 5.26 Å². The summed E-state index contributed by atoms with van der Waals surface area (Å²) in [5, 5.41) is 13.6. The molecule has 0 aliphatic rings. The molecule has 0 amide bonds. The minimum atomic E-state index is 0.678. The van der Waals surface area contributed by atoms with Gasteiger partial charge in [-0.2, -0.15) is 5.26 Å². The SMILES string of the molecule is CCNCc1c(C#N)n(C)c2cccc(OC)c12. The molecule has 1 aromatic heterocycles. The van der Waals surface area contributed by atoms with Crippen molar-refractivity contribution in [2.75, 3.05) is 13.7 Å². The molecule has 0 bridgehead atoms. The fraction of sp³-hybridized carbons (Fsp3) is 0.357. The Balaban J connectivity index is 2.74. The van der Waals surface area contributed by atoms with Crippen LogP contribution >= 0.6 is 0 Å². The molecule has 0 saturated heterocycles. The summed E-state index contributed by atoms with van der Waals surface area (Å²) in [4.78, 5) is 0. The molecule has 4 nitrogen and oxygen atoms in total. The lowest BCUT2D eigenvalue weighted by molar-refractivity contribution is 0.419. The molecule has 0 fully saturated rings. The van der Waals surface area contributed by atoms with Crippen LogP contribution in [-0.2, 0) is 13.6 Å². The number of nitriles is 1. The van der Waals surface area contributed by atoms with E-state index in [4.69, 9.17) is 4.74 Å². The number of aryl methyl sites for hydroxylation is 1. The van der Waals surface area contributed by atoms with Crippen molar-refractivity contribution in [2.45, 2.75) is 13.5 Å². The minimum absolute atomic E-state index is 0.678. The molecule has 0 aliphatic carbocycles. The van der Waals surface area contributed by atoms with Crippen LogP contribution in [0.25, 0.3) is 10.9 Å². The number of hydrogen-bond donors (Lipinski definition) is 1. The van der Waals surface area contributed by atoms with Crippen LogP contribution < -0.4 is 10.1 Å². The zero-order valence-electron chi connectivity index (χ0n) is 10.9. The predicted molar refractivity (Wildman–Crippen MR) is 71.6 cm³/mol. The highest BCUT2D eigenvalue weighted by Crippen LogP contribution is 2.32. The van der Waals surface area contributed by atoms with Gasteiger partial charge in [0.25, 0.3) is 0 Å². The molecule has 94 valence electrons. The van der Waals surface area contributed by atoms with E-state index in [1.807, 2.05) is 29.8 Å². The lowest BCUT2D eigenvalue weighted by atomic mass is 10.1. The van der Waals surface area contributed by atoms with Gasteiger partial charge < -0.3 is 14.6 Å². The van der Waals surface area contributed by atoms with E-state index in [1.54, 1.807) is 7.11 Å². The first-order valence-electron chi connectivity index (χ1n) is 5.99. The fourth-order valence-electron chi connectivity index (χ4n) is 2.28. The van der Waals surface area contributed by atoms with E-state index < -0.39 is 0 Å². The molecule has 1 aromatic carbocycles. The Morgan fingerprint density at radius 2 is 2.22 bits per heavy atom. The van der Waals surface area contributed by atoms with E-state index >= 15 is 0 Å². The van der Waals surface area contributed by atoms with Crippen molar-refractivity contribution in [1.82, 2.24) is 9.88 Å². The first-order valence-corrected chi connectivity index (χ1v) is 5.99. The third-order valence-electron chi connectivity index (χ3n) is 3.17. The highest BCUT2D eigenvalue weighted by atomic mass is 16.5. The summed E-state index contributed by atoms with van der Waals surface area (Å²) in [6.07, 6.45) is 0. The molecule has 0 radical (unpaired) electrons. The van der Waals surface area contributed by atoms with Gasteiger partial charge in [0, 0.05) is 24.5 Å². The summed E-state index contributed by atoms with van der Waals surface area (Å²) >= 11 is 0. The van der Waals surface area contributed by atoms with Gasteiger partial charge in [-0.15, -0.1) is 0 Å². The van der Waals surface area contributed by atoms with Crippen molar-refractivity contribution in [2.24, 2.45) is 7.05 Å². The Kier molecular flexibility index (Phi) is 3.54. The van der Waals surface area contributed by atoms with Crippen molar-refractivity contribution in [3.63, 3.8) is 0 Å². The van der Waals surface area contributed by atoms with E-state index in [0.717, 1.165) is 28.8 Å². The van der Waals surface area contributed by atoms with Gasteiger partial charge in [-0.25, -0.2) is 0 Å². The molecule has 2 rings (SSSR count). The van der Waals surface area contributed by atoms with Crippen LogP contribution in [-0.4, -0.2) is 18.2 Å². The average molecular weight is 243 g/mol. The number of rotatable bonds is 4. The highest BCUT2D eigenvalue weighted by Gasteiger charge is 2.17. The summed E-state index contributed by atoms with van der Waals surface area (Å²) < 4.78 is 7.33. The van der Waals surface area contributed by atoms with Gasteiger partial charge in [0.05, 0.1) is 12.6 Å². The number of ether oxygens (including phenoxy) is 1. The van der Waals surface area contributed by atoms with Crippen LogP contribution in [0.1, 0.15) is 18.2 Å². The first kappa shape index (κ1) is 12.5. The molecule has 4 heteroatoms. The molecule has 0 unspecified atom stereocenters. The Morgan fingerprint density at radius 3 is 2.83 bits per heavy atom. The van der Waals surface area contributed by atoms with E-state index in [0.29, 0.717) is 12.2 Å². The van der Waals surface area contributed by atoms with Gasteiger partial charge in [-0.3, -0.25) is 0 Å². The second kappa shape index (κ2) is 5.11. The maximum Gasteiger partial charge on any atom is 0.128 e. The normalized spacial score (nSPS) is 10.6. The van der Waals surface area contributed by atoms with E-state index in [9.17, 15) is 5.26 Å². The maximum atomic E-state index is 9.32. The number of fused-ring (bicyclic) bond motifs is 1. The van der Waals surface area contributed by atoms with Gasteiger partial charge in [-0.1, -0.05) is 13.0 Å². The number of nitrogens with zero attached hydrogens (tertiary/aromatic N) is 2. The van der Waals surface area contributed by atoms with E-state index in [-0.39, 0.29) is 0 Å². The molecule has 1 N–H and O–H groups in total. The lowest BCUT2D eigenvalue weighted by Gasteiger charge is -2.05. The summed E-state index contributed by atoms with van der Waals surface area (Å²) in [5.41, 5.74) is 2.73. The summed E-state index contributed by atoms with van der Waals surface area (Å²) in [6, 6.07) is 8.16. The summed E-state index contributed by atoms with van der Waals surface area (Å²) in [6.45, 7) is 3.60. The van der Waals surface area contributed by atoms with Crippen molar-refractivity contribution in [3.8, 4) is 11.8 Å². The lowest BCUT2D eigenvalue weighted by Crippen LogP contribution is -2.12. The third kappa shape index (κ3) is 1.83. The zero-order valence-corrected chi connectivity index (χ0v) is 10.9. The second-order valence-corrected chi connectivity index (χ2v) is 4.13. The number of nitrogens with one attached hydrogen (secondary N) is 1. The molecule has 2 aromatic rings. The number of benzene rings is 1. The van der Waals surface area contributed by atoms with Crippen LogP contribution in [0, 0.1) is 11.3 Å². The van der Waals surface area contributed by atoms with Gasteiger partial charge >= 0.3 is 0 Å². The first-order chi connectivity index (χ1) is 8.74. The Labute approximate surface area is 107 Å². The monoisotopic (exact) mass is 243 g/mol. The molecular weight excluding hydrogens is 226 g/mol. The highest BCUT2D eigenvalue weighted by molar-refractivity contribution is 5.92. The Bertz CT molecular complexity index is 608. The topological polar surface area (TPSA) is 50.0 Å². The summed E-state index contributed by atoms with van der Waals surface area (Å²) in [5.74, 6) is 0.817. The molecule has 0 atom stereocenters. The van der Waals surface area contributed by atoms with E-state index in [2.05, 4.69) is 18.3 Å². The van der Waals surface area contributed by atoms with Crippen LogP contribution in [0.3, 0.4) is 0 Å². The number of aromatic nitrogens is 1. The molecule has 0 saturated carbocycles.